The molecule has 7 heteroatoms. The second-order valence-corrected chi connectivity index (χ2v) is 5.43. The van der Waals surface area contributed by atoms with E-state index in [0.717, 1.165) is 5.56 Å². The standard InChI is InChI=1S/C16H20N4O3/c1-10(2)14(21)17-8-9-18-15(22)12-4-6-13(7-5-12)16-19-11(3)20-23-16/h4-7,10H,8-9H2,1-3H3,(H,17,21)(H,18,22). The summed E-state index contributed by atoms with van der Waals surface area (Å²) >= 11 is 0. The van der Waals surface area contributed by atoms with Crippen LogP contribution in [0.5, 0.6) is 0 Å². The molecule has 2 rings (SSSR count). The molecule has 0 fully saturated rings. The maximum absolute atomic E-state index is 12.0. The number of carbonyl (C=O) groups is 2. The molecule has 1 aromatic heterocycles. The molecule has 2 amide bonds. The molecule has 1 aromatic carbocycles. The third kappa shape index (κ3) is 4.64. The van der Waals surface area contributed by atoms with Gasteiger partial charge in [0.1, 0.15) is 0 Å². The van der Waals surface area contributed by atoms with Crippen molar-refractivity contribution in [3.8, 4) is 11.5 Å². The van der Waals surface area contributed by atoms with Gasteiger partial charge in [0, 0.05) is 30.1 Å². The largest absolute Gasteiger partial charge is 0.354 e. The van der Waals surface area contributed by atoms with E-state index in [-0.39, 0.29) is 17.7 Å². The fourth-order valence-corrected chi connectivity index (χ4v) is 1.85. The normalized spacial score (nSPS) is 10.6. The van der Waals surface area contributed by atoms with Crippen molar-refractivity contribution in [2.24, 2.45) is 5.92 Å². The smallest absolute Gasteiger partial charge is 0.257 e. The van der Waals surface area contributed by atoms with Crippen molar-refractivity contribution in [1.29, 1.82) is 0 Å². The van der Waals surface area contributed by atoms with Crippen molar-refractivity contribution in [1.82, 2.24) is 20.8 Å². The van der Waals surface area contributed by atoms with Crippen LogP contribution in [0, 0.1) is 12.8 Å². The summed E-state index contributed by atoms with van der Waals surface area (Å²) in [6.45, 7) is 6.16. The fraction of sp³-hybridized carbons (Fsp3) is 0.375. The Morgan fingerprint density at radius 2 is 1.78 bits per heavy atom. The highest BCUT2D eigenvalue weighted by atomic mass is 16.5. The van der Waals surface area contributed by atoms with Crippen LogP contribution in [0.4, 0.5) is 0 Å². The van der Waals surface area contributed by atoms with E-state index >= 15 is 0 Å². The minimum atomic E-state index is -0.197. The number of nitrogens with one attached hydrogen (secondary N) is 2. The molecule has 0 saturated heterocycles. The number of hydrogen-bond donors (Lipinski definition) is 2. The van der Waals surface area contributed by atoms with Gasteiger partial charge in [0.2, 0.25) is 5.91 Å². The molecule has 122 valence electrons. The molecule has 0 aliphatic heterocycles. The summed E-state index contributed by atoms with van der Waals surface area (Å²) in [5, 5.41) is 9.22. The van der Waals surface area contributed by atoms with Gasteiger partial charge in [0.05, 0.1) is 0 Å². The zero-order valence-electron chi connectivity index (χ0n) is 13.4. The molecule has 0 saturated carbocycles. The number of aryl methyl sites for hydroxylation is 1. The average Bonchev–Trinajstić information content (AvgIpc) is 2.97. The summed E-state index contributed by atoms with van der Waals surface area (Å²) in [4.78, 5) is 27.5. The van der Waals surface area contributed by atoms with Crippen LogP contribution in [0.1, 0.15) is 30.0 Å². The molecule has 0 unspecified atom stereocenters. The van der Waals surface area contributed by atoms with Crippen molar-refractivity contribution in [3.63, 3.8) is 0 Å². The molecule has 0 aliphatic carbocycles. The van der Waals surface area contributed by atoms with Gasteiger partial charge < -0.3 is 15.2 Å². The Hall–Kier alpha value is -2.70. The minimum Gasteiger partial charge on any atom is -0.354 e. The van der Waals surface area contributed by atoms with Gasteiger partial charge in [-0.1, -0.05) is 19.0 Å². The zero-order chi connectivity index (χ0) is 16.8. The second-order valence-electron chi connectivity index (χ2n) is 5.43. The first-order valence-electron chi connectivity index (χ1n) is 7.44. The van der Waals surface area contributed by atoms with Crippen molar-refractivity contribution < 1.29 is 14.1 Å². The lowest BCUT2D eigenvalue weighted by Crippen LogP contribution is -2.36. The monoisotopic (exact) mass is 316 g/mol. The third-order valence-corrected chi connectivity index (χ3v) is 3.16. The van der Waals surface area contributed by atoms with Crippen LogP contribution in [-0.2, 0) is 4.79 Å². The van der Waals surface area contributed by atoms with Gasteiger partial charge in [-0.25, -0.2) is 0 Å². The zero-order valence-corrected chi connectivity index (χ0v) is 13.4. The van der Waals surface area contributed by atoms with E-state index in [4.69, 9.17) is 4.52 Å². The number of nitrogens with zero attached hydrogens (tertiary/aromatic N) is 2. The van der Waals surface area contributed by atoms with Crippen LogP contribution >= 0.6 is 0 Å². The molecular weight excluding hydrogens is 296 g/mol. The first kappa shape index (κ1) is 16.7. The molecule has 0 aliphatic rings. The molecule has 0 spiro atoms. The molecule has 0 atom stereocenters. The van der Waals surface area contributed by atoms with E-state index in [1.54, 1.807) is 31.2 Å². The Balaban J connectivity index is 1.84. The van der Waals surface area contributed by atoms with Gasteiger partial charge in [-0.2, -0.15) is 4.98 Å². The van der Waals surface area contributed by atoms with Crippen molar-refractivity contribution in [3.05, 3.63) is 35.7 Å². The highest BCUT2D eigenvalue weighted by Gasteiger charge is 2.09. The third-order valence-electron chi connectivity index (χ3n) is 3.16. The lowest BCUT2D eigenvalue weighted by molar-refractivity contribution is -0.123. The number of carbonyl (C=O) groups excluding carboxylic acids is 2. The van der Waals surface area contributed by atoms with E-state index in [1.807, 2.05) is 13.8 Å². The predicted octanol–water partition coefficient (Wildman–Crippen LogP) is 1.55. The van der Waals surface area contributed by atoms with E-state index in [2.05, 4.69) is 20.8 Å². The molecule has 23 heavy (non-hydrogen) atoms. The molecule has 2 aromatic rings. The first-order valence-corrected chi connectivity index (χ1v) is 7.44. The minimum absolute atomic E-state index is 0.0292. The number of hydrogen-bond acceptors (Lipinski definition) is 5. The van der Waals surface area contributed by atoms with E-state index in [0.29, 0.717) is 30.4 Å². The quantitative estimate of drug-likeness (QED) is 0.788. The SMILES string of the molecule is Cc1noc(-c2ccc(C(=O)NCCNC(=O)C(C)C)cc2)n1. The first-order chi connectivity index (χ1) is 11.0. The van der Waals surface area contributed by atoms with Crippen LogP contribution in [0.15, 0.2) is 28.8 Å². The maximum atomic E-state index is 12.0. The average molecular weight is 316 g/mol. The van der Waals surface area contributed by atoms with Crippen LogP contribution in [-0.4, -0.2) is 35.0 Å². The topological polar surface area (TPSA) is 97.1 Å². The number of benzene rings is 1. The molecule has 1 heterocycles. The highest BCUT2D eigenvalue weighted by molar-refractivity contribution is 5.94. The van der Waals surface area contributed by atoms with Gasteiger partial charge >= 0.3 is 0 Å². The van der Waals surface area contributed by atoms with Crippen molar-refractivity contribution in [2.75, 3.05) is 13.1 Å². The second kappa shape index (κ2) is 7.53. The molecule has 7 nitrogen and oxygen atoms in total. The maximum Gasteiger partial charge on any atom is 0.257 e. The van der Waals surface area contributed by atoms with E-state index < -0.39 is 0 Å². The Kier molecular flexibility index (Phi) is 5.46. The molecule has 0 bridgehead atoms. The lowest BCUT2D eigenvalue weighted by atomic mass is 10.1. The number of amides is 2. The van der Waals surface area contributed by atoms with Gasteiger partial charge in [0.25, 0.3) is 11.8 Å². The van der Waals surface area contributed by atoms with Crippen LogP contribution < -0.4 is 10.6 Å². The lowest BCUT2D eigenvalue weighted by Gasteiger charge is -2.09. The summed E-state index contributed by atoms with van der Waals surface area (Å²) < 4.78 is 5.07. The number of rotatable bonds is 6. The summed E-state index contributed by atoms with van der Waals surface area (Å²) in [5.74, 6) is 0.693. The van der Waals surface area contributed by atoms with Crippen LogP contribution in [0.25, 0.3) is 11.5 Å². The predicted molar refractivity (Wildman–Crippen MR) is 84.7 cm³/mol. The molecule has 2 N–H and O–H groups in total. The van der Waals surface area contributed by atoms with E-state index in [9.17, 15) is 9.59 Å². The summed E-state index contributed by atoms with van der Waals surface area (Å²) in [5.41, 5.74) is 1.28. The Morgan fingerprint density at radius 3 is 2.35 bits per heavy atom. The van der Waals surface area contributed by atoms with Gasteiger partial charge in [-0.05, 0) is 31.2 Å². The van der Waals surface area contributed by atoms with E-state index in [1.165, 1.54) is 0 Å². The van der Waals surface area contributed by atoms with Crippen LogP contribution in [0.3, 0.4) is 0 Å². The molecule has 0 radical (unpaired) electrons. The number of aromatic nitrogens is 2. The Labute approximate surface area is 134 Å². The van der Waals surface area contributed by atoms with Gasteiger partial charge in [-0.15, -0.1) is 0 Å². The molecular formula is C16H20N4O3. The summed E-state index contributed by atoms with van der Waals surface area (Å²) in [7, 11) is 0. The highest BCUT2D eigenvalue weighted by Crippen LogP contribution is 2.17. The van der Waals surface area contributed by atoms with Gasteiger partial charge in [0.15, 0.2) is 5.82 Å². The summed E-state index contributed by atoms with van der Waals surface area (Å²) in [6.07, 6.45) is 0. The Bertz CT molecular complexity index is 677. The van der Waals surface area contributed by atoms with Gasteiger partial charge in [-0.3, -0.25) is 9.59 Å². The van der Waals surface area contributed by atoms with Crippen molar-refractivity contribution >= 4 is 11.8 Å². The fourth-order valence-electron chi connectivity index (χ4n) is 1.85. The van der Waals surface area contributed by atoms with Crippen molar-refractivity contribution in [2.45, 2.75) is 20.8 Å². The van der Waals surface area contributed by atoms with Crippen LogP contribution in [0.2, 0.25) is 0 Å². The Morgan fingerprint density at radius 1 is 1.13 bits per heavy atom. The summed E-state index contributed by atoms with van der Waals surface area (Å²) in [6, 6.07) is 6.89.